The Morgan fingerprint density at radius 1 is 1.42 bits per heavy atom. The third-order valence-electron chi connectivity index (χ3n) is 3.26. The van der Waals surface area contributed by atoms with E-state index in [4.69, 9.17) is 23.2 Å². The molecule has 0 saturated carbocycles. The van der Waals surface area contributed by atoms with Gasteiger partial charge in [-0.1, -0.05) is 11.6 Å². The summed E-state index contributed by atoms with van der Waals surface area (Å²) in [5, 5.41) is 0.543. The SMILES string of the molecule is CN1Cc2c(CCl)ncn2-c2ccc(Cl)cc2C1=O. The maximum absolute atomic E-state index is 12.4. The molecule has 2 aromatic rings. The highest BCUT2D eigenvalue weighted by Gasteiger charge is 2.25. The van der Waals surface area contributed by atoms with Crippen LogP contribution in [0.3, 0.4) is 0 Å². The van der Waals surface area contributed by atoms with Crippen molar-refractivity contribution < 1.29 is 4.79 Å². The topological polar surface area (TPSA) is 38.1 Å². The summed E-state index contributed by atoms with van der Waals surface area (Å²) >= 11 is 11.9. The summed E-state index contributed by atoms with van der Waals surface area (Å²) in [4.78, 5) is 18.3. The molecule has 1 aromatic heterocycles. The molecule has 0 atom stereocenters. The molecule has 1 aromatic carbocycles. The molecule has 3 rings (SSSR count). The molecule has 1 aliphatic heterocycles. The first-order valence-electron chi connectivity index (χ1n) is 5.78. The third-order valence-corrected chi connectivity index (χ3v) is 3.75. The van der Waals surface area contributed by atoms with E-state index >= 15 is 0 Å². The second kappa shape index (κ2) is 4.54. The minimum absolute atomic E-state index is 0.0540. The van der Waals surface area contributed by atoms with Crippen LogP contribution in [0.5, 0.6) is 0 Å². The highest BCUT2D eigenvalue weighted by molar-refractivity contribution is 6.31. The fraction of sp³-hybridized carbons (Fsp3) is 0.231. The summed E-state index contributed by atoms with van der Waals surface area (Å²) in [6.45, 7) is 0.479. The Labute approximate surface area is 120 Å². The Morgan fingerprint density at radius 2 is 2.21 bits per heavy atom. The maximum atomic E-state index is 12.4. The highest BCUT2D eigenvalue weighted by atomic mass is 35.5. The van der Waals surface area contributed by atoms with Crippen LogP contribution in [0.4, 0.5) is 0 Å². The van der Waals surface area contributed by atoms with Crippen LogP contribution in [-0.2, 0) is 12.4 Å². The number of halogens is 2. The van der Waals surface area contributed by atoms with Gasteiger partial charge in [0.2, 0.25) is 0 Å². The van der Waals surface area contributed by atoms with Crippen LogP contribution in [0, 0.1) is 0 Å². The molecule has 2 heterocycles. The van der Waals surface area contributed by atoms with Gasteiger partial charge in [-0.3, -0.25) is 4.79 Å². The quantitative estimate of drug-likeness (QED) is 0.759. The van der Waals surface area contributed by atoms with Crippen molar-refractivity contribution in [3.8, 4) is 5.69 Å². The summed E-state index contributed by atoms with van der Waals surface area (Å²) in [6.07, 6.45) is 1.70. The van der Waals surface area contributed by atoms with Crippen molar-refractivity contribution in [1.82, 2.24) is 14.5 Å². The van der Waals surface area contributed by atoms with Crippen molar-refractivity contribution in [1.29, 1.82) is 0 Å². The van der Waals surface area contributed by atoms with E-state index in [-0.39, 0.29) is 5.91 Å². The van der Waals surface area contributed by atoms with Gasteiger partial charge >= 0.3 is 0 Å². The number of imidazole rings is 1. The number of rotatable bonds is 1. The van der Waals surface area contributed by atoms with Crippen molar-refractivity contribution in [3.05, 3.63) is 46.5 Å². The molecule has 98 valence electrons. The average molecular weight is 296 g/mol. The zero-order valence-electron chi connectivity index (χ0n) is 10.2. The molecule has 0 spiro atoms. The Kier molecular flexibility index (Phi) is 2.99. The number of hydrogen-bond donors (Lipinski definition) is 0. The van der Waals surface area contributed by atoms with Crippen LogP contribution in [-0.4, -0.2) is 27.4 Å². The van der Waals surface area contributed by atoms with Gasteiger partial charge < -0.3 is 9.47 Å². The molecular formula is C13H11Cl2N3O. The number of fused-ring (bicyclic) bond motifs is 3. The largest absolute Gasteiger partial charge is 0.336 e. The van der Waals surface area contributed by atoms with Gasteiger partial charge in [-0.25, -0.2) is 4.98 Å². The Morgan fingerprint density at radius 3 is 2.95 bits per heavy atom. The molecule has 0 unspecified atom stereocenters. The lowest BCUT2D eigenvalue weighted by Gasteiger charge is -2.14. The second-order valence-corrected chi connectivity index (χ2v) is 5.17. The summed E-state index contributed by atoms with van der Waals surface area (Å²) < 4.78 is 1.91. The van der Waals surface area contributed by atoms with E-state index in [0.29, 0.717) is 23.0 Å². The van der Waals surface area contributed by atoms with Gasteiger partial charge in [0.1, 0.15) is 0 Å². The molecule has 1 aliphatic rings. The minimum Gasteiger partial charge on any atom is -0.336 e. The Bertz CT molecular complexity index is 666. The lowest BCUT2D eigenvalue weighted by atomic mass is 10.1. The van der Waals surface area contributed by atoms with E-state index in [1.165, 1.54) is 0 Å². The Hall–Kier alpha value is -1.52. The standard InChI is InChI=1S/C13H11Cl2N3O/c1-17-6-12-10(5-14)16-7-18(12)11-3-2-8(15)4-9(11)13(17)19/h2-4,7H,5-6H2,1H3. The molecule has 0 bridgehead atoms. The first-order valence-corrected chi connectivity index (χ1v) is 6.69. The van der Waals surface area contributed by atoms with Crippen molar-refractivity contribution >= 4 is 29.1 Å². The van der Waals surface area contributed by atoms with E-state index in [1.807, 2.05) is 10.6 Å². The van der Waals surface area contributed by atoms with Crippen LogP contribution >= 0.6 is 23.2 Å². The van der Waals surface area contributed by atoms with Gasteiger partial charge in [-0.15, -0.1) is 11.6 Å². The normalized spacial score (nSPS) is 14.1. The van der Waals surface area contributed by atoms with Crippen molar-refractivity contribution in [3.63, 3.8) is 0 Å². The smallest absolute Gasteiger partial charge is 0.256 e. The van der Waals surface area contributed by atoms with Crippen LogP contribution in [0.25, 0.3) is 5.69 Å². The second-order valence-electron chi connectivity index (χ2n) is 4.46. The van der Waals surface area contributed by atoms with E-state index in [2.05, 4.69) is 4.98 Å². The third kappa shape index (κ3) is 1.91. The van der Waals surface area contributed by atoms with E-state index in [1.54, 1.807) is 30.4 Å². The number of carbonyl (C=O) groups is 1. The van der Waals surface area contributed by atoms with Crippen LogP contribution in [0.1, 0.15) is 21.7 Å². The number of carbonyl (C=O) groups excluding carboxylic acids is 1. The van der Waals surface area contributed by atoms with Crippen LogP contribution in [0.15, 0.2) is 24.5 Å². The molecule has 0 saturated heterocycles. The lowest BCUT2D eigenvalue weighted by Crippen LogP contribution is -2.25. The average Bonchev–Trinajstić information content (AvgIpc) is 2.76. The summed E-state index contributed by atoms with van der Waals surface area (Å²) in [5.74, 6) is 0.273. The highest BCUT2D eigenvalue weighted by Crippen LogP contribution is 2.28. The predicted octanol–water partition coefficient (Wildman–Crippen LogP) is 2.85. The fourth-order valence-electron chi connectivity index (χ4n) is 2.29. The predicted molar refractivity (Wildman–Crippen MR) is 73.9 cm³/mol. The van der Waals surface area contributed by atoms with E-state index in [0.717, 1.165) is 17.1 Å². The van der Waals surface area contributed by atoms with Gasteiger partial charge in [0.15, 0.2) is 0 Å². The summed E-state index contributed by atoms with van der Waals surface area (Å²) in [7, 11) is 1.76. The van der Waals surface area contributed by atoms with Crippen molar-refractivity contribution in [2.24, 2.45) is 0 Å². The van der Waals surface area contributed by atoms with Gasteiger partial charge in [-0.05, 0) is 18.2 Å². The molecular weight excluding hydrogens is 285 g/mol. The monoisotopic (exact) mass is 295 g/mol. The molecule has 1 amide bonds. The number of amides is 1. The zero-order valence-corrected chi connectivity index (χ0v) is 11.7. The molecule has 0 aliphatic carbocycles. The molecule has 6 heteroatoms. The van der Waals surface area contributed by atoms with Crippen LogP contribution < -0.4 is 0 Å². The van der Waals surface area contributed by atoms with Gasteiger partial charge in [0, 0.05) is 12.1 Å². The van der Waals surface area contributed by atoms with Crippen LogP contribution in [0.2, 0.25) is 5.02 Å². The molecule has 0 N–H and O–H groups in total. The fourth-order valence-corrected chi connectivity index (χ4v) is 2.68. The van der Waals surface area contributed by atoms with Crippen molar-refractivity contribution in [2.45, 2.75) is 12.4 Å². The molecule has 0 fully saturated rings. The van der Waals surface area contributed by atoms with Gasteiger partial charge in [0.05, 0.1) is 41.4 Å². The maximum Gasteiger partial charge on any atom is 0.256 e. The molecule has 19 heavy (non-hydrogen) atoms. The number of aromatic nitrogens is 2. The first kappa shape index (κ1) is 12.5. The zero-order chi connectivity index (χ0) is 13.6. The lowest BCUT2D eigenvalue weighted by molar-refractivity contribution is 0.0788. The van der Waals surface area contributed by atoms with Crippen molar-refractivity contribution in [2.75, 3.05) is 7.05 Å². The minimum atomic E-state index is -0.0540. The number of hydrogen-bond acceptors (Lipinski definition) is 2. The Balaban J connectivity index is 2.30. The number of alkyl halides is 1. The van der Waals surface area contributed by atoms with Gasteiger partial charge in [0.25, 0.3) is 5.91 Å². The number of nitrogens with zero attached hydrogens (tertiary/aromatic N) is 3. The van der Waals surface area contributed by atoms with Gasteiger partial charge in [-0.2, -0.15) is 0 Å². The summed E-state index contributed by atoms with van der Waals surface area (Å²) in [5.41, 5.74) is 3.10. The molecule has 0 radical (unpaired) electrons. The van der Waals surface area contributed by atoms with E-state index < -0.39 is 0 Å². The molecule has 4 nitrogen and oxygen atoms in total. The first-order chi connectivity index (χ1) is 9.11. The summed E-state index contributed by atoms with van der Waals surface area (Å²) in [6, 6.07) is 5.28. The van der Waals surface area contributed by atoms with E-state index in [9.17, 15) is 4.79 Å². The number of benzene rings is 1.